The zero-order valence-corrected chi connectivity index (χ0v) is 36.2. The summed E-state index contributed by atoms with van der Waals surface area (Å²) in [5.41, 5.74) is 21.0. The van der Waals surface area contributed by atoms with E-state index < -0.39 is 0 Å². The van der Waals surface area contributed by atoms with Crippen LogP contribution in [0.4, 0.5) is 17.1 Å². The van der Waals surface area contributed by atoms with Crippen LogP contribution >= 0.6 is 0 Å². The average molecular weight is 806 g/mol. The van der Waals surface area contributed by atoms with E-state index in [1.807, 2.05) is 0 Å². The number of anilines is 3. The highest BCUT2D eigenvalue weighted by molar-refractivity contribution is 6.16. The SMILES string of the molecule is CC1(C)c2ccccc2-c2ccc(-c3c(-c4cc5ccccc5c5ccccc45)cccc3N(c3ccc4c(c3)C(C)(C)c3ccccc3-4)c3ccccc3-c3ccccc3)cc21. The van der Waals surface area contributed by atoms with E-state index in [0.29, 0.717) is 0 Å². The Bertz CT molecular complexity index is 3460. The molecule has 0 aliphatic heterocycles. The Morgan fingerprint density at radius 1 is 0.302 bits per heavy atom. The summed E-state index contributed by atoms with van der Waals surface area (Å²) in [5, 5.41) is 5.02. The second-order valence-electron chi connectivity index (χ2n) is 18.4. The van der Waals surface area contributed by atoms with Gasteiger partial charge in [-0.1, -0.05) is 204 Å². The van der Waals surface area contributed by atoms with Gasteiger partial charge in [0.25, 0.3) is 0 Å². The summed E-state index contributed by atoms with van der Waals surface area (Å²) in [6.07, 6.45) is 0. The molecule has 0 spiro atoms. The predicted molar refractivity (Wildman–Crippen MR) is 268 cm³/mol. The lowest BCUT2D eigenvalue weighted by molar-refractivity contribution is 0.660. The van der Waals surface area contributed by atoms with Crippen molar-refractivity contribution < 1.29 is 0 Å². The molecule has 12 rings (SSSR count). The third-order valence-corrected chi connectivity index (χ3v) is 14.3. The van der Waals surface area contributed by atoms with E-state index in [9.17, 15) is 0 Å². The van der Waals surface area contributed by atoms with Crippen LogP contribution in [0.1, 0.15) is 49.9 Å². The molecule has 0 bridgehead atoms. The molecule has 63 heavy (non-hydrogen) atoms. The first-order chi connectivity index (χ1) is 30.8. The summed E-state index contributed by atoms with van der Waals surface area (Å²) in [6, 6.07) is 79.4. The summed E-state index contributed by atoms with van der Waals surface area (Å²) in [5.74, 6) is 0. The molecule has 2 aliphatic rings. The van der Waals surface area contributed by atoms with Crippen molar-refractivity contribution in [3.8, 4) is 55.6 Å². The highest BCUT2D eigenvalue weighted by Crippen LogP contribution is 2.55. The number of rotatable bonds is 6. The Kier molecular flexibility index (Phi) is 8.30. The maximum absolute atomic E-state index is 2.55. The second-order valence-corrected chi connectivity index (χ2v) is 18.4. The van der Waals surface area contributed by atoms with Crippen molar-refractivity contribution in [2.24, 2.45) is 0 Å². The molecule has 0 N–H and O–H groups in total. The van der Waals surface area contributed by atoms with Gasteiger partial charge in [-0.15, -0.1) is 0 Å². The zero-order chi connectivity index (χ0) is 42.5. The van der Waals surface area contributed by atoms with Crippen LogP contribution in [0.3, 0.4) is 0 Å². The van der Waals surface area contributed by atoms with Crippen molar-refractivity contribution in [1.29, 1.82) is 0 Å². The summed E-state index contributed by atoms with van der Waals surface area (Å²) >= 11 is 0. The quantitative estimate of drug-likeness (QED) is 0.151. The van der Waals surface area contributed by atoms with Gasteiger partial charge in [0.1, 0.15) is 0 Å². The van der Waals surface area contributed by atoms with Crippen LogP contribution in [0, 0.1) is 0 Å². The van der Waals surface area contributed by atoms with Gasteiger partial charge in [-0.05, 0) is 125 Å². The molecule has 0 heterocycles. The molecule has 0 saturated heterocycles. The second kappa shape index (κ2) is 14.0. The monoisotopic (exact) mass is 805 g/mol. The van der Waals surface area contributed by atoms with Gasteiger partial charge in [-0.25, -0.2) is 0 Å². The fourth-order valence-electron chi connectivity index (χ4n) is 11.2. The smallest absolute Gasteiger partial charge is 0.0546 e. The maximum atomic E-state index is 2.55. The molecular formula is C62H47N. The molecule has 10 aromatic carbocycles. The van der Waals surface area contributed by atoms with E-state index in [4.69, 9.17) is 0 Å². The first kappa shape index (κ1) is 37.3. The Hall–Kier alpha value is -7.48. The molecule has 0 amide bonds. The Morgan fingerprint density at radius 3 is 1.56 bits per heavy atom. The van der Waals surface area contributed by atoms with Crippen LogP contribution in [-0.4, -0.2) is 0 Å². The van der Waals surface area contributed by atoms with Gasteiger partial charge in [-0.3, -0.25) is 0 Å². The van der Waals surface area contributed by atoms with E-state index >= 15 is 0 Å². The maximum Gasteiger partial charge on any atom is 0.0546 e. The van der Waals surface area contributed by atoms with E-state index in [1.165, 1.54) is 99.4 Å². The highest BCUT2D eigenvalue weighted by Gasteiger charge is 2.38. The molecule has 300 valence electrons. The van der Waals surface area contributed by atoms with Crippen molar-refractivity contribution >= 4 is 38.6 Å². The van der Waals surface area contributed by atoms with E-state index in [1.54, 1.807) is 0 Å². The van der Waals surface area contributed by atoms with E-state index in [2.05, 4.69) is 245 Å². The fraction of sp³-hybridized carbons (Fsp3) is 0.0968. The summed E-state index contributed by atoms with van der Waals surface area (Å²) < 4.78 is 0. The molecule has 1 heteroatoms. The van der Waals surface area contributed by atoms with Crippen molar-refractivity contribution in [1.82, 2.24) is 0 Å². The number of hydrogen-bond donors (Lipinski definition) is 0. The van der Waals surface area contributed by atoms with Gasteiger partial charge in [-0.2, -0.15) is 0 Å². The minimum absolute atomic E-state index is 0.160. The number of fused-ring (bicyclic) bond motifs is 9. The topological polar surface area (TPSA) is 3.24 Å². The molecule has 0 saturated carbocycles. The minimum Gasteiger partial charge on any atom is -0.309 e. The van der Waals surface area contributed by atoms with Crippen molar-refractivity contribution in [3.05, 3.63) is 235 Å². The van der Waals surface area contributed by atoms with Gasteiger partial charge in [0, 0.05) is 27.6 Å². The van der Waals surface area contributed by atoms with Gasteiger partial charge in [0.2, 0.25) is 0 Å². The molecule has 0 atom stereocenters. The lowest BCUT2D eigenvalue weighted by Gasteiger charge is -2.32. The lowest BCUT2D eigenvalue weighted by atomic mass is 9.80. The van der Waals surface area contributed by atoms with Crippen molar-refractivity contribution in [2.75, 3.05) is 4.90 Å². The zero-order valence-electron chi connectivity index (χ0n) is 36.2. The largest absolute Gasteiger partial charge is 0.309 e. The Balaban J connectivity index is 1.19. The average Bonchev–Trinajstić information content (AvgIpc) is 3.70. The van der Waals surface area contributed by atoms with Crippen LogP contribution in [-0.2, 0) is 10.8 Å². The van der Waals surface area contributed by atoms with Crippen LogP contribution < -0.4 is 4.90 Å². The standard InChI is InChI=1S/C62H47N/c1-61(2)54-29-15-12-26-48(54)50-35-33-42(38-56(50)61)60-52(53-37-41-21-8-9-22-44(41)46-24-10-11-25-47(46)53)28-18-32-59(60)63(58-31-17-14-23-45(58)40-19-6-5-7-20-40)43-34-36-51-49-27-13-16-30-55(49)62(3,4)57(51)39-43/h5-39H,1-4H3. The molecule has 1 nitrogen and oxygen atoms in total. The number of hydrogen-bond acceptors (Lipinski definition) is 1. The molecule has 0 radical (unpaired) electrons. The Labute approximate surface area is 370 Å². The number of para-hydroxylation sites is 1. The van der Waals surface area contributed by atoms with Crippen LogP contribution in [0.15, 0.2) is 212 Å². The van der Waals surface area contributed by atoms with Crippen molar-refractivity contribution in [3.63, 3.8) is 0 Å². The molecule has 2 aliphatic carbocycles. The molecule has 0 aromatic heterocycles. The van der Waals surface area contributed by atoms with Gasteiger partial charge in [0.05, 0.1) is 11.4 Å². The highest BCUT2D eigenvalue weighted by atomic mass is 15.1. The van der Waals surface area contributed by atoms with Gasteiger partial charge >= 0.3 is 0 Å². The van der Waals surface area contributed by atoms with Gasteiger partial charge < -0.3 is 4.90 Å². The third kappa shape index (κ3) is 5.62. The molecule has 10 aromatic rings. The van der Waals surface area contributed by atoms with Crippen molar-refractivity contribution in [2.45, 2.75) is 38.5 Å². The predicted octanol–water partition coefficient (Wildman–Crippen LogP) is 17.1. The first-order valence-electron chi connectivity index (χ1n) is 22.3. The van der Waals surface area contributed by atoms with Crippen LogP contribution in [0.5, 0.6) is 0 Å². The molecular weight excluding hydrogens is 759 g/mol. The fourth-order valence-corrected chi connectivity index (χ4v) is 11.2. The van der Waals surface area contributed by atoms with Gasteiger partial charge in [0.15, 0.2) is 0 Å². The summed E-state index contributed by atoms with van der Waals surface area (Å²) in [4.78, 5) is 2.55. The van der Waals surface area contributed by atoms with Crippen LogP contribution in [0.2, 0.25) is 0 Å². The lowest BCUT2D eigenvalue weighted by Crippen LogP contribution is -2.17. The van der Waals surface area contributed by atoms with E-state index in [0.717, 1.165) is 17.1 Å². The third-order valence-electron chi connectivity index (χ3n) is 14.3. The minimum atomic E-state index is -0.165. The molecule has 0 unspecified atom stereocenters. The summed E-state index contributed by atoms with van der Waals surface area (Å²) in [7, 11) is 0. The first-order valence-corrected chi connectivity index (χ1v) is 22.3. The number of nitrogens with zero attached hydrogens (tertiary/aromatic N) is 1. The normalized spacial score (nSPS) is 14.0. The number of benzene rings is 10. The van der Waals surface area contributed by atoms with E-state index in [-0.39, 0.29) is 10.8 Å². The molecule has 0 fully saturated rings. The van der Waals surface area contributed by atoms with Crippen LogP contribution in [0.25, 0.3) is 77.2 Å². The Morgan fingerprint density at radius 2 is 0.825 bits per heavy atom. The summed E-state index contributed by atoms with van der Waals surface area (Å²) in [6.45, 7) is 9.53.